The molecule has 0 unspecified atom stereocenters. The number of sulfonamides is 1. The highest BCUT2D eigenvalue weighted by molar-refractivity contribution is 7.92. The van der Waals surface area contributed by atoms with Gasteiger partial charge in [-0.15, -0.1) is 0 Å². The van der Waals surface area contributed by atoms with Gasteiger partial charge in [0.25, 0.3) is 5.69 Å². The van der Waals surface area contributed by atoms with E-state index in [-0.39, 0.29) is 5.69 Å². The van der Waals surface area contributed by atoms with Crippen molar-refractivity contribution in [3.05, 3.63) is 34.1 Å². The monoisotopic (exact) mass is 264 g/mol. The number of rotatable bonds is 5. The van der Waals surface area contributed by atoms with Crippen molar-refractivity contribution in [3.63, 3.8) is 0 Å². The highest BCUT2D eigenvalue weighted by atomic mass is 32.2. The number of aliphatic hydroxyl groups is 1. The molecule has 0 aliphatic rings. The zero-order valence-electron chi connectivity index (χ0n) is 8.46. The number of anilines is 1. The van der Waals surface area contributed by atoms with Crippen LogP contribution in [0.3, 0.4) is 0 Å². The molecular weight excluding hydrogens is 255 g/mol. The van der Waals surface area contributed by atoms with E-state index in [9.17, 15) is 22.9 Å². The predicted molar refractivity (Wildman–Crippen MR) is 57.5 cm³/mol. The zero-order valence-corrected chi connectivity index (χ0v) is 9.28. The number of nitrogens with one attached hydrogen (secondary N) is 1. The summed E-state index contributed by atoms with van der Waals surface area (Å²) in [5.41, 5.74) is -0.822. The lowest BCUT2D eigenvalue weighted by atomic mass is 10.3. The average molecular weight is 264 g/mol. The van der Waals surface area contributed by atoms with Crippen LogP contribution in [-0.4, -0.2) is 30.8 Å². The number of aliphatic hydroxyl groups excluding tert-OH is 1. The van der Waals surface area contributed by atoms with Crippen LogP contribution < -0.4 is 4.72 Å². The first-order valence-corrected chi connectivity index (χ1v) is 6.05. The van der Waals surface area contributed by atoms with Gasteiger partial charge in [-0.2, -0.15) is 0 Å². The van der Waals surface area contributed by atoms with Crippen molar-refractivity contribution >= 4 is 21.4 Å². The molecule has 0 atom stereocenters. The number of non-ortho nitro benzene ring substituents is 1. The van der Waals surface area contributed by atoms with Crippen molar-refractivity contribution in [1.29, 1.82) is 0 Å². The molecule has 94 valence electrons. The molecule has 0 aliphatic carbocycles. The first-order chi connectivity index (χ1) is 7.84. The topological polar surface area (TPSA) is 110 Å². The summed E-state index contributed by atoms with van der Waals surface area (Å²) < 4.78 is 37.3. The highest BCUT2D eigenvalue weighted by Crippen LogP contribution is 2.20. The van der Waals surface area contributed by atoms with Crippen LogP contribution in [0.5, 0.6) is 0 Å². The molecule has 0 aliphatic heterocycles. The second kappa shape index (κ2) is 5.06. The third kappa shape index (κ3) is 3.96. The number of hydrogen-bond acceptors (Lipinski definition) is 5. The van der Waals surface area contributed by atoms with Crippen LogP contribution in [0.15, 0.2) is 18.2 Å². The molecular formula is C8H9FN2O5S. The Morgan fingerprint density at radius 2 is 2.06 bits per heavy atom. The smallest absolute Gasteiger partial charge is 0.274 e. The molecule has 1 aromatic rings. The summed E-state index contributed by atoms with van der Waals surface area (Å²) in [5.74, 6) is -1.50. The molecule has 17 heavy (non-hydrogen) atoms. The second-order valence-corrected chi connectivity index (χ2v) is 4.94. The second-order valence-electron chi connectivity index (χ2n) is 3.10. The molecule has 0 aromatic heterocycles. The molecule has 1 rings (SSSR count). The molecule has 0 radical (unpaired) electrons. The summed E-state index contributed by atoms with van der Waals surface area (Å²) in [4.78, 5) is 9.58. The van der Waals surface area contributed by atoms with Gasteiger partial charge >= 0.3 is 0 Å². The first-order valence-electron chi connectivity index (χ1n) is 4.40. The van der Waals surface area contributed by atoms with Crippen molar-refractivity contribution in [3.8, 4) is 0 Å². The summed E-state index contributed by atoms with van der Waals surface area (Å²) in [6.07, 6.45) is 0. The molecule has 0 bridgehead atoms. The predicted octanol–water partition coefficient (Wildman–Crippen LogP) is 0.468. The quantitative estimate of drug-likeness (QED) is 0.593. The fraction of sp³-hybridized carbons (Fsp3) is 0.250. The number of halogens is 1. The minimum atomic E-state index is -3.83. The zero-order chi connectivity index (χ0) is 13.1. The van der Waals surface area contributed by atoms with Crippen LogP contribution in [-0.2, 0) is 10.0 Å². The van der Waals surface area contributed by atoms with Crippen molar-refractivity contribution < 1.29 is 22.8 Å². The summed E-state index contributed by atoms with van der Waals surface area (Å²) in [6.45, 7) is -0.604. The Balaban J connectivity index is 3.03. The van der Waals surface area contributed by atoms with Crippen molar-refractivity contribution in [2.45, 2.75) is 0 Å². The summed E-state index contributed by atoms with van der Waals surface area (Å²) >= 11 is 0. The van der Waals surface area contributed by atoms with Crippen molar-refractivity contribution in [2.75, 3.05) is 17.1 Å². The summed E-state index contributed by atoms with van der Waals surface area (Å²) in [5, 5.41) is 18.9. The van der Waals surface area contributed by atoms with Gasteiger partial charge in [0, 0.05) is 6.07 Å². The highest BCUT2D eigenvalue weighted by Gasteiger charge is 2.14. The van der Waals surface area contributed by atoms with E-state index in [2.05, 4.69) is 0 Å². The number of benzene rings is 1. The molecule has 2 N–H and O–H groups in total. The number of nitrogens with zero attached hydrogens (tertiary/aromatic N) is 1. The minimum Gasteiger partial charge on any atom is -0.395 e. The van der Waals surface area contributed by atoms with Gasteiger partial charge in [0.05, 0.1) is 29.0 Å². The Kier molecular flexibility index (Phi) is 3.97. The van der Waals surface area contributed by atoms with Gasteiger partial charge < -0.3 is 5.11 Å². The molecule has 0 heterocycles. The van der Waals surface area contributed by atoms with E-state index in [1.165, 1.54) is 0 Å². The van der Waals surface area contributed by atoms with Gasteiger partial charge in [0.1, 0.15) is 5.82 Å². The van der Waals surface area contributed by atoms with Gasteiger partial charge in [0.15, 0.2) is 0 Å². The van der Waals surface area contributed by atoms with Crippen LogP contribution in [0.1, 0.15) is 0 Å². The third-order valence-electron chi connectivity index (χ3n) is 1.73. The van der Waals surface area contributed by atoms with Gasteiger partial charge in [-0.3, -0.25) is 14.8 Å². The van der Waals surface area contributed by atoms with Gasteiger partial charge in [0.2, 0.25) is 10.0 Å². The standard InChI is InChI=1S/C8H9FN2O5S/c9-6-3-7(5-8(4-6)11(13)14)10-17(15,16)2-1-12/h3-5,10,12H,1-2H2. The molecule has 0 fully saturated rings. The fourth-order valence-electron chi connectivity index (χ4n) is 1.09. The van der Waals surface area contributed by atoms with E-state index >= 15 is 0 Å². The largest absolute Gasteiger partial charge is 0.395 e. The van der Waals surface area contributed by atoms with E-state index < -0.39 is 38.8 Å². The van der Waals surface area contributed by atoms with Crippen LogP contribution in [0, 0.1) is 15.9 Å². The van der Waals surface area contributed by atoms with Crippen LogP contribution in [0.25, 0.3) is 0 Å². The molecule has 9 heteroatoms. The Morgan fingerprint density at radius 3 is 2.59 bits per heavy atom. The fourth-order valence-corrected chi connectivity index (χ4v) is 1.91. The first kappa shape index (κ1) is 13.3. The number of nitro groups is 1. The van der Waals surface area contributed by atoms with E-state index in [1.807, 2.05) is 4.72 Å². The third-order valence-corrected chi connectivity index (χ3v) is 2.99. The maximum Gasteiger partial charge on any atom is 0.274 e. The molecule has 7 nitrogen and oxygen atoms in total. The molecule has 0 spiro atoms. The van der Waals surface area contributed by atoms with Gasteiger partial charge in [-0.25, -0.2) is 12.8 Å². The van der Waals surface area contributed by atoms with E-state index in [0.29, 0.717) is 6.07 Å². The molecule has 0 amide bonds. The molecule has 0 saturated carbocycles. The maximum absolute atomic E-state index is 13.0. The lowest BCUT2D eigenvalue weighted by Crippen LogP contribution is -2.19. The summed E-state index contributed by atoms with van der Waals surface area (Å²) in [7, 11) is -3.83. The SMILES string of the molecule is O=[N+]([O-])c1cc(F)cc(NS(=O)(=O)CCO)c1. The maximum atomic E-state index is 13.0. The normalized spacial score (nSPS) is 11.2. The van der Waals surface area contributed by atoms with Gasteiger partial charge in [-0.05, 0) is 6.07 Å². The minimum absolute atomic E-state index is 0.259. The lowest BCUT2D eigenvalue weighted by Gasteiger charge is -2.06. The Morgan fingerprint density at radius 1 is 1.41 bits per heavy atom. The van der Waals surface area contributed by atoms with Crippen molar-refractivity contribution in [2.24, 2.45) is 0 Å². The van der Waals surface area contributed by atoms with Crippen LogP contribution >= 0.6 is 0 Å². The number of nitro benzene ring substituents is 1. The van der Waals surface area contributed by atoms with Crippen LogP contribution in [0.2, 0.25) is 0 Å². The molecule has 0 saturated heterocycles. The summed E-state index contributed by atoms with van der Waals surface area (Å²) in [6, 6.07) is 2.36. The van der Waals surface area contributed by atoms with Gasteiger partial charge in [-0.1, -0.05) is 0 Å². The van der Waals surface area contributed by atoms with E-state index in [1.54, 1.807) is 0 Å². The van der Waals surface area contributed by atoms with Crippen molar-refractivity contribution in [1.82, 2.24) is 0 Å². The van der Waals surface area contributed by atoms with E-state index in [0.717, 1.165) is 12.1 Å². The number of hydrogen-bond donors (Lipinski definition) is 2. The Hall–Kier alpha value is -1.74. The lowest BCUT2D eigenvalue weighted by molar-refractivity contribution is -0.385. The Bertz CT molecular complexity index is 531. The molecule has 1 aromatic carbocycles. The van der Waals surface area contributed by atoms with Crippen LogP contribution in [0.4, 0.5) is 15.8 Å². The van der Waals surface area contributed by atoms with E-state index in [4.69, 9.17) is 5.11 Å². The average Bonchev–Trinajstić information content (AvgIpc) is 2.15. The Labute approximate surface area is 96.1 Å².